The largest absolute Gasteiger partial charge is 0.461 e. The summed E-state index contributed by atoms with van der Waals surface area (Å²) < 4.78 is 129. The van der Waals surface area contributed by atoms with Crippen LogP contribution in [0.5, 0.6) is 6.01 Å². The first-order valence-corrected chi connectivity index (χ1v) is 19.0. The predicted molar refractivity (Wildman–Crippen MR) is 193 cm³/mol. The van der Waals surface area contributed by atoms with E-state index in [0.717, 1.165) is 18.6 Å². The second kappa shape index (κ2) is 13.5. The molecule has 4 atom stereocenters. The first kappa shape index (κ1) is 38.2. The van der Waals surface area contributed by atoms with E-state index in [1.165, 1.54) is 0 Å². The molecule has 10 nitrogen and oxygen atoms in total. The quantitative estimate of drug-likeness (QED) is 0.188. The highest BCUT2D eigenvalue weighted by Crippen LogP contribution is 2.52. The van der Waals surface area contributed by atoms with Crippen LogP contribution in [0, 0.1) is 17.1 Å². The standard InChI is InChI=1S/C37H36F8N8O2S/c1-3-52(20-11-19-7-10-50(2)34(54)53(19)16-20)32-22-12-24(36(40,41)42)27(21-5-6-25(39)30-26(21)23(14-46)31(47)56-30)28(37(43,44)45)29(22)48-33(49-32)55-17-35-8-4-9-51(35)15-18(38)13-35/h5-6,12,18-20H,3-4,7-11,13,15-17,47H2,1-2H3/t18-,19-,20+,35+/m1/s1. The Morgan fingerprint density at radius 3 is 2.61 bits per heavy atom. The summed E-state index contributed by atoms with van der Waals surface area (Å²) in [5.74, 6) is -1.25. The number of urea groups is 1. The third-order valence-corrected chi connectivity index (χ3v) is 12.8. The molecule has 298 valence electrons. The summed E-state index contributed by atoms with van der Waals surface area (Å²) in [6.45, 7) is 2.95. The molecule has 4 saturated heterocycles. The molecule has 0 bridgehead atoms. The van der Waals surface area contributed by atoms with Crippen LogP contribution in [0.3, 0.4) is 0 Å². The molecule has 4 fully saturated rings. The minimum Gasteiger partial charge on any atom is -0.461 e. The van der Waals surface area contributed by atoms with E-state index >= 15 is 30.7 Å². The second-order valence-corrected chi connectivity index (χ2v) is 16.0. The molecule has 19 heteroatoms. The lowest BCUT2D eigenvalue weighted by Gasteiger charge is -2.35. The SMILES string of the molecule is CCN(c1nc(OC[C@@]23CCCN2C[C@H](F)C3)nc2c(C(F)(F)F)c(-c3ccc(F)c4sc(N)c(C#N)c34)c(C(F)(F)F)cc12)[C@H]1C[C@H]2CCN(C)C(=O)N2C1. The third-order valence-electron chi connectivity index (χ3n) is 11.8. The van der Waals surface area contributed by atoms with Crippen LogP contribution in [0.15, 0.2) is 18.2 Å². The number of amides is 2. The van der Waals surface area contributed by atoms with Gasteiger partial charge in [-0.1, -0.05) is 6.07 Å². The number of carbonyl (C=O) groups is 1. The van der Waals surface area contributed by atoms with Crippen LogP contribution in [0.2, 0.25) is 0 Å². The van der Waals surface area contributed by atoms with Crippen molar-refractivity contribution in [1.29, 1.82) is 5.26 Å². The molecule has 4 aliphatic heterocycles. The second-order valence-electron chi connectivity index (χ2n) is 15.0. The van der Waals surface area contributed by atoms with Crippen LogP contribution in [-0.4, -0.2) is 101 Å². The van der Waals surface area contributed by atoms with Gasteiger partial charge in [0.05, 0.1) is 38.5 Å². The number of rotatable bonds is 7. The monoisotopic (exact) mass is 808 g/mol. The van der Waals surface area contributed by atoms with Gasteiger partial charge < -0.3 is 25.2 Å². The smallest absolute Gasteiger partial charge is 0.419 e. The minimum absolute atomic E-state index is 0.0742. The molecule has 2 aromatic heterocycles. The Labute approximate surface area is 319 Å². The molecule has 2 aromatic carbocycles. The number of alkyl halides is 7. The van der Waals surface area contributed by atoms with Crippen molar-refractivity contribution >= 4 is 49.2 Å². The Bertz CT molecular complexity index is 2290. The number of nitrogen functional groups attached to an aromatic ring is 1. The highest BCUT2D eigenvalue weighted by Gasteiger charge is 2.50. The van der Waals surface area contributed by atoms with Crippen LogP contribution in [0.4, 0.5) is 50.7 Å². The van der Waals surface area contributed by atoms with Crippen molar-refractivity contribution in [3.63, 3.8) is 0 Å². The number of ether oxygens (including phenoxy) is 1. The lowest BCUT2D eigenvalue weighted by Crippen LogP contribution is -2.50. The molecule has 2 amide bonds. The normalized spacial score (nSPS) is 24.3. The average molecular weight is 809 g/mol. The fraction of sp³-hybridized carbons (Fsp3) is 0.514. The Morgan fingerprint density at radius 2 is 1.91 bits per heavy atom. The van der Waals surface area contributed by atoms with Crippen molar-refractivity contribution in [3.8, 4) is 23.2 Å². The number of thiophene rings is 1. The predicted octanol–water partition coefficient (Wildman–Crippen LogP) is 7.82. The number of benzene rings is 2. The van der Waals surface area contributed by atoms with E-state index in [1.54, 1.807) is 34.7 Å². The lowest BCUT2D eigenvalue weighted by molar-refractivity contribution is -0.141. The number of hydrogen-bond donors (Lipinski definition) is 1. The number of anilines is 2. The summed E-state index contributed by atoms with van der Waals surface area (Å²) in [5, 5.41) is 8.56. The molecule has 0 spiro atoms. The average Bonchev–Trinajstić information content (AvgIpc) is 3.89. The van der Waals surface area contributed by atoms with E-state index in [2.05, 4.69) is 9.97 Å². The van der Waals surface area contributed by atoms with Gasteiger partial charge in [-0.15, -0.1) is 11.3 Å². The van der Waals surface area contributed by atoms with E-state index in [0.29, 0.717) is 49.8 Å². The molecular formula is C37H36F8N8O2S. The van der Waals surface area contributed by atoms with E-state index in [1.807, 2.05) is 4.90 Å². The molecule has 4 aliphatic rings. The van der Waals surface area contributed by atoms with Crippen molar-refractivity contribution in [2.24, 2.45) is 0 Å². The van der Waals surface area contributed by atoms with Gasteiger partial charge in [-0.3, -0.25) is 4.90 Å². The highest BCUT2D eigenvalue weighted by atomic mass is 32.1. The van der Waals surface area contributed by atoms with Crippen molar-refractivity contribution < 1.29 is 44.7 Å². The molecule has 0 unspecified atom stereocenters. The van der Waals surface area contributed by atoms with Gasteiger partial charge in [0, 0.05) is 62.0 Å². The van der Waals surface area contributed by atoms with Gasteiger partial charge in [-0.25, -0.2) is 13.6 Å². The van der Waals surface area contributed by atoms with Crippen LogP contribution < -0.4 is 15.4 Å². The van der Waals surface area contributed by atoms with Gasteiger partial charge >= 0.3 is 24.4 Å². The van der Waals surface area contributed by atoms with Gasteiger partial charge in [0.2, 0.25) is 0 Å². The number of halogens is 8. The Hall–Kier alpha value is -4.70. The Balaban J connectivity index is 1.40. The number of nitrogens with zero attached hydrogens (tertiary/aromatic N) is 7. The van der Waals surface area contributed by atoms with Gasteiger partial charge in [-0.2, -0.15) is 41.6 Å². The topological polar surface area (TPSA) is 115 Å². The van der Waals surface area contributed by atoms with Crippen molar-refractivity contribution in [2.75, 3.05) is 57.0 Å². The zero-order valence-corrected chi connectivity index (χ0v) is 31.0. The van der Waals surface area contributed by atoms with Gasteiger partial charge in [-0.05, 0) is 56.8 Å². The highest BCUT2D eigenvalue weighted by molar-refractivity contribution is 7.23. The van der Waals surface area contributed by atoms with Crippen molar-refractivity contribution in [2.45, 2.75) is 75.2 Å². The summed E-state index contributed by atoms with van der Waals surface area (Å²) in [5.41, 5.74) is -1.79. The fourth-order valence-corrected chi connectivity index (χ4v) is 10.3. The number of fused-ring (bicyclic) bond motifs is 4. The number of nitriles is 1. The summed E-state index contributed by atoms with van der Waals surface area (Å²) >= 11 is 0.533. The summed E-state index contributed by atoms with van der Waals surface area (Å²) in [4.78, 5) is 28.5. The first-order chi connectivity index (χ1) is 26.5. The van der Waals surface area contributed by atoms with Crippen LogP contribution >= 0.6 is 11.3 Å². The fourth-order valence-electron chi connectivity index (χ4n) is 9.31. The van der Waals surface area contributed by atoms with E-state index in [-0.39, 0.29) is 60.3 Å². The van der Waals surface area contributed by atoms with E-state index < -0.39 is 86.0 Å². The third kappa shape index (κ3) is 6.10. The van der Waals surface area contributed by atoms with Crippen molar-refractivity contribution in [3.05, 3.63) is 40.7 Å². The van der Waals surface area contributed by atoms with Gasteiger partial charge in [0.15, 0.2) is 0 Å². The maximum atomic E-state index is 15.7. The minimum atomic E-state index is -5.51. The maximum absolute atomic E-state index is 15.7. The van der Waals surface area contributed by atoms with Crippen LogP contribution in [0.25, 0.3) is 32.1 Å². The first-order valence-electron chi connectivity index (χ1n) is 18.2. The summed E-state index contributed by atoms with van der Waals surface area (Å²) in [6.07, 6.45) is -9.67. The van der Waals surface area contributed by atoms with Crippen LogP contribution in [-0.2, 0) is 12.4 Å². The Kier molecular flexibility index (Phi) is 9.18. The molecule has 4 aromatic rings. The molecule has 8 rings (SSSR count). The number of aromatic nitrogens is 2. The lowest BCUT2D eigenvalue weighted by atomic mass is 9.88. The van der Waals surface area contributed by atoms with Gasteiger partial charge in [0.1, 0.15) is 35.5 Å². The summed E-state index contributed by atoms with van der Waals surface area (Å²) in [6, 6.07) is 2.23. The Morgan fingerprint density at radius 1 is 1.14 bits per heavy atom. The molecular weight excluding hydrogens is 773 g/mol. The number of hydrogen-bond acceptors (Lipinski definition) is 9. The zero-order valence-electron chi connectivity index (χ0n) is 30.2. The number of carbonyl (C=O) groups excluding carboxylic acids is 1. The van der Waals surface area contributed by atoms with Crippen LogP contribution in [0.1, 0.15) is 55.7 Å². The molecule has 56 heavy (non-hydrogen) atoms. The maximum Gasteiger partial charge on any atom is 0.419 e. The van der Waals surface area contributed by atoms with Gasteiger partial charge in [0.25, 0.3) is 0 Å². The van der Waals surface area contributed by atoms with E-state index in [9.17, 15) is 14.4 Å². The summed E-state index contributed by atoms with van der Waals surface area (Å²) in [7, 11) is 1.65. The number of likely N-dealkylation sites (N-methyl/N-ethyl adjacent to an activating group) is 1. The molecule has 6 heterocycles. The van der Waals surface area contributed by atoms with E-state index in [4.69, 9.17) is 10.5 Å². The molecule has 0 saturated carbocycles. The van der Waals surface area contributed by atoms with Crippen molar-refractivity contribution in [1.82, 2.24) is 24.7 Å². The number of nitrogens with two attached hydrogens (primary N) is 1. The zero-order chi connectivity index (χ0) is 40.1. The molecule has 2 N–H and O–H groups in total. The molecule has 0 aliphatic carbocycles. The molecule has 0 radical (unpaired) electrons.